The molecule has 6 nitrogen and oxygen atoms in total. The number of hydrogen-bond donors (Lipinski definition) is 0. The molecule has 6 atom stereocenters. The summed E-state index contributed by atoms with van der Waals surface area (Å²) < 4.78 is 0. The van der Waals surface area contributed by atoms with E-state index in [-0.39, 0.29) is 32.5 Å². The van der Waals surface area contributed by atoms with E-state index in [1.807, 2.05) is 0 Å². The standard InChI is InChI=1S/2C30H40N2.C28H36N2.4BrH.2ClH.3Ni/c2*1-8-20-14-12-15-21(9-2)25(20)31-27-24-18-19-30(7,29(24,5)6)28(27)32-26-22(10-3)16-13-17-23(26)11-4;1-16-12-18(3)23(19(4)13-16)29-25-22-10-11-28(9,27(22,7)8)26(25)30-24-20(5)14-17(2)15-21(24)6;;;;;;;;;/h2*12-17,24H,8-11,18-19H2,1-7H3;12-15,22H,10-11H2,1-9H3;6*1H;;;/q;;;;;;;;;3*+2/p-6. The summed E-state index contributed by atoms with van der Waals surface area (Å²) in [5.41, 5.74) is 33.7. The SMILES string of the molecule is CCc1cccc(CC)c1N=C1C(=Nc2c(CC)cccc2CC)C2(C)CCC1C2(C)C.CCc1cccc(CC)c1N=C1C(=Nc2c(CC)cccc2CC)C2(C)CCC1C2(C)C.Cc1cc(C)c(N=C2C(=Nc3c(C)cc(C)cc3C)C3(C)CCC2C3(C)C)c(C)c1.[Br][Ni][Br].[Br][Ni][Br].[Cl][Ni][Cl]. The van der Waals surface area contributed by atoms with Crippen LogP contribution >= 0.6 is 77.3 Å². The van der Waals surface area contributed by atoms with Crippen LogP contribution in [0.3, 0.4) is 0 Å². The summed E-state index contributed by atoms with van der Waals surface area (Å²) in [7, 11) is 11.9. The predicted octanol–water partition coefficient (Wildman–Crippen LogP) is 29.1. The van der Waals surface area contributed by atoms with Crippen molar-refractivity contribution in [1.82, 2.24) is 0 Å². The third-order valence-corrected chi connectivity index (χ3v) is 25.5. The second-order valence-corrected chi connectivity index (χ2v) is 43.1. The topological polar surface area (TPSA) is 74.2 Å². The molecule has 6 aromatic carbocycles. The monoisotopic (exact) mass is 1820 g/mol. The van der Waals surface area contributed by atoms with E-state index in [4.69, 9.17) is 50.3 Å². The molecule has 0 aromatic heterocycles. The van der Waals surface area contributed by atoms with Crippen LogP contribution in [0.1, 0.15) is 234 Å². The van der Waals surface area contributed by atoms with Gasteiger partial charge in [0.1, 0.15) is 0 Å². The zero-order valence-electron chi connectivity index (χ0n) is 65.8. The molecule has 6 aliphatic carbocycles. The molecule has 15 heteroatoms. The number of fused-ring (bicyclic) bond motifs is 6. The number of aryl methyl sites for hydroxylation is 14. The molecular weight excluding hydrogens is 1710 g/mol. The van der Waals surface area contributed by atoms with Gasteiger partial charge in [-0.15, -0.1) is 0 Å². The van der Waals surface area contributed by atoms with Gasteiger partial charge in [0.15, 0.2) is 0 Å². The Morgan fingerprint density at radius 3 is 0.709 bits per heavy atom. The fraction of sp³-hybridized carbons (Fsp3) is 0.523. The van der Waals surface area contributed by atoms with Crippen molar-refractivity contribution in [2.75, 3.05) is 0 Å². The molecule has 0 aliphatic heterocycles. The van der Waals surface area contributed by atoms with Gasteiger partial charge >= 0.3 is 112 Å². The van der Waals surface area contributed by atoms with Crippen molar-refractivity contribution in [2.24, 2.45) is 80.2 Å². The van der Waals surface area contributed by atoms with Gasteiger partial charge in [-0.3, -0.25) is 30.0 Å². The molecule has 0 saturated heterocycles. The van der Waals surface area contributed by atoms with Gasteiger partial charge in [-0.2, -0.15) is 0 Å². The Labute approximate surface area is 677 Å². The molecule has 6 aliphatic rings. The molecule has 6 aromatic rings. The van der Waals surface area contributed by atoms with E-state index in [0.29, 0.717) is 30.4 Å². The maximum atomic E-state index is 5.52. The van der Waals surface area contributed by atoms with Crippen LogP contribution in [0.2, 0.25) is 0 Å². The van der Waals surface area contributed by atoms with Gasteiger partial charge in [-0.1, -0.05) is 226 Å². The van der Waals surface area contributed by atoms with Crippen molar-refractivity contribution in [3.05, 3.63) is 175 Å². The van der Waals surface area contributed by atoms with E-state index in [1.54, 1.807) is 0 Å². The number of benzene rings is 6. The number of para-hydroxylation sites is 4. The minimum atomic E-state index is 0.0623. The van der Waals surface area contributed by atoms with Crippen LogP contribution in [0.4, 0.5) is 34.1 Å². The number of halogens is 6. The summed E-state index contributed by atoms with van der Waals surface area (Å²) in [6, 6.07) is 35.7. The van der Waals surface area contributed by atoms with Gasteiger partial charge in [0.05, 0.1) is 68.4 Å². The number of aliphatic imine (C=N–C) groups is 6. The summed E-state index contributed by atoms with van der Waals surface area (Å²) in [6.45, 7) is 52.9. The third-order valence-electron chi connectivity index (χ3n) is 25.5. The van der Waals surface area contributed by atoms with Crippen molar-refractivity contribution < 1.29 is 34.5 Å². The zero-order chi connectivity index (χ0) is 76.3. The van der Waals surface area contributed by atoms with Crippen LogP contribution in [-0.4, -0.2) is 34.3 Å². The third kappa shape index (κ3) is 17.7. The normalized spacial score (nSPS) is 25.0. The average molecular weight is 1820 g/mol. The Hall–Kier alpha value is -2.68. The van der Waals surface area contributed by atoms with Crippen LogP contribution < -0.4 is 0 Å². The van der Waals surface area contributed by atoms with Gasteiger partial charge in [0.2, 0.25) is 0 Å². The fourth-order valence-electron chi connectivity index (χ4n) is 18.3. The summed E-state index contributed by atoms with van der Waals surface area (Å²) in [5.74, 6) is 1.41. The van der Waals surface area contributed by atoms with Gasteiger partial charge in [-0.25, -0.2) is 0 Å². The summed E-state index contributed by atoms with van der Waals surface area (Å²) >= 11 is 12.6. The van der Waals surface area contributed by atoms with Crippen LogP contribution in [0.15, 0.2) is 127 Å². The van der Waals surface area contributed by atoms with Crippen LogP contribution in [0.25, 0.3) is 0 Å². The molecule has 570 valence electrons. The van der Waals surface area contributed by atoms with Crippen molar-refractivity contribution in [2.45, 2.75) is 249 Å². The van der Waals surface area contributed by atoms with Crippen LogP contribution in [0, 0.1) is 91.8 Å². The molecule has 6 saturated carbocycles. The van der Waals surface area contributed by atoms with Gasteiger partial charge in [0.25, 0.3) is 0 Å². The summed E-state index contributed by atoms with van der Waals surface area (Å²) in [6.07, 6.45) is 15.3. The van der Waals surface area contributed by atoms with E-state index < -0.39 is 0 Å². The van der Waals surface area contributed by atoms with E-state index in [1.165, 1.54) is 195 Å². The Morgan fingerprint density at radius 2 is 0.505 bits per heavy atom. The molecule has 6 fully saturated rings. The van der Waals surface area contributed by atoms with Gasteiger partial charge in [-0.05, 0) is 214 Å². The van der Waals surface area contributed by atoms with E-state index in [9.17, 15) is 0 Å². The zero-order valence-corrected chi connectivity index (χ0v) is 76.6. The number of rotatable bonds is 14. The van der Waals surface area contributed by atoms with Gasteiger partial charge in [0, 0.05) is 34.0 Å². The van der Waals surface area contributed by atoms with Gasteiger partial charge < -0.3 is 0 Å². The average Bonchev–Trinajstić information content (AvgIpc) is 1.55. The summed E-state index contributed by atoms with van der Waals surface area (Å²) in [4.78, 5) is 32.8. The first-order valence-corrected chi connectivity index (χ1v) is 49.9. The van der Waals surface area contributed by atoms with Crippen molar-refractivity contribution in [1.29, 1.82) is 0 Å². The predicted molar refractivity (Wildman–Crippen MR) is 456 cm³/mol. The molecule has 6 bridgehead atoms. The quantitative estimate of drug-likeness (QED) is 0.0975. The Morgan fingerprint density at radius 1 is 0.330 bits per heavy atom. The first kappa shape index (κ1) is 87.5. The Balaban J connectivity index is 0.000000204. The Kier molecular flexibility index (Phi) is 32.1. The second-order valence-electron chi connectivity index (χ2n) is 31.5. The molecule has 103 heavy (non-hydrogen) atoms. The molecule has 0 heterocycles. The minimum absolute atomic E-state index is 0.0623. The van der Waals surface area contributed by atoms with Crippen LogP contribution in [0.5, 0.6) is 0 Å². The van der Waals surface area contributed by atoms with E-state index >= 15 is 0 Å². The molecule has 0 amide bonds. The summed E-state index contributed by atoms with van der Waals surface area (Å²) in [5, 5.41) is 0. The molecule has 0 radical (unpaired) electrons. The van der Waals surface area contributed by atoms with Crippen molar-refractivity contribution in [3.8, 4) is 0 Å². The van der Waals surface area contributed by atoms with Crippen molar-refractivity contribution >= 4 is 146 Å². The number of hydrogen-bond acceptors (Lipinski definition) is 6. The second kappa shape index (κ2) is 37.8. The first-order valence-electron chi connectivity index (χ1n) is 37.4. The fourth-order valence-corrected chi connectivity index (χ4v) is 18.3. The maximum absolute atomic E-state index is 5.52. The molecule has 12 rings (SSSR count). The number of nitrogens with zero attached hydrogens (tertiary/aromatic N) is 6. The molecule has 0 N–H and O–H groups in total. The first-order chi connectivity index (χ1) is 48.8. The van der Waals surface area contributed by atoms with Crippen molar-refractivity contribution in [3.63, 3.8) is 0 Å². The van der Waals surface area contributed by atoms with Crippen LogP contribution in [-0.2, 0) is 85.8 Å². The molecule has 6 unspecified atom stereocenters. The van der Waals surface area contributed by atoms with E-state index in [0.717, 1.165) is 62.7 Å². The Bertz CT molecular complexity index is 3870. The molecular formula is C88H116Br4Cl2N6Ni3. The molecule has 0 spiro atoms. The van der Waals surface area contributed by atoms with E-state index in [2.05, 4.69) is 313 Å².